The summed E-state index contributed by atoms with van der Waals surface area (Å²) in [6.07, 6.45) is 1.26. The van der Waals surface area contributed by atoms with Gasteiger partial charge in [-0.25, -0.2) is 0 Å². The molecule has 0 saturated heterocycles. The molecule has 1 atom stereocenters. The Hall–Kier alpha value is -2.96. The van der Waals surface area contributed by atoms with Gasteiger partial charge >= 0.3 is 0 Å². The summed E-state index contributed by atoms with van der Waals surface area (Å²) < 4.78 is 5.38. The van der Waals surface area contributed by atoms with Crippen LogP contribution in [0, 0.1) is 0 Å². The highest BCUT2D eigenvalue weighted by atomic mass is 35.5. The lowest BCUT2D eigenvalue weighted by molar-refractivity contribution is -0.139. The number of amides is 2. The monoisotopic (exact) mass is 524 g/mol. The molecule has 0 saturated carbocycles. The summed E-state index contributed by atoms with van der Waals surface area (Å²) in [5, 5.41) is 3.69. The second-order valence-corrected chi connectivity index (χ2v) is 9.91. The molecule has 0 fully saturated rings. The van der Waals surface area contributed by atoms with Crippen molar-refractivity contribution in [2.45, 2.75) is 38.1 Å². The second-order valence-electron chi connectivity index (χ2n) is 8.49. The highest BCUT2D eigenvalue weighted by Gasteiger charge is 2.30. The van der Waals surface area contributed by atoms with E-state index in [0.717, 1.165) is 23.1 Å². The van der Waals surface area contributed by atoms with Crippen molar-refractivity contribution < 1.29 is 14.3 Å². The van der Waals surface area contributed by atoms with Crippen LogP contribution in [0.15, 0.2) is 78.9 Å². The molecule has 36 heavy (non-hydrogen) atoms. The van der Waals surface area contributed by atoms with E-state index in [9.17, 15) is 9.59 Å². The van der Waals surface area contributed by atoms with Crippen molar-refractivity contribution in [3.05, 3.63) is 101 Å². The molecule has 1 N–H and O–H groups in total. The maximum atomic E-state index is 13.6. The van der Waals surface area contributed by atoms with Gasteiger partial charge in [-0.2, -0.15) is 0 Å². The third-order valence-electron chi connectivity index (χ3n) is 5.71. The Morgan fingerprint density at radius 3 is 2.39 bits per heavy atom. The van der Waals surface area contributed by atoms with E-state index in [1.807, 2.05) is 85.8 Å². The molecule has 0 aromatic heterocycles. The zero-order valence-corrected chi connectivity index (χ0v) is 22.4. The topological polar surface area (TPSA) is 58.6 Å². The first-order valence-corrected chi connectivity index (χ1v) is 13.6. The van der Waals surface area contributed by atoms with Crippen molar-refractivity contribution in [3.63, 3.8) is 0 Å². The molecule has 3 aromatic rings. The number of halogens is 1. The number of thioether (sulfide) groups is 1. The lowest BCUT2D eigenvalue weighted by Gasteiger charge is -2.31. The van der Waals surface area contributed by atoms with Crippen LogP contribution in [0.3, 0.4) is 0 Å². The van der Waals surface area contributed by atoms with Gasteiger partial charge in [0.15, 0.2) is 0 Å². The van der Waals surface area contributed by atoms with Crippen LogP contribution in [-0.4, -0.2) is 42.2 Å². The van der Waals surface area contributed by atoms with Gasteiger partial charge in [-0.1, -0.05) is 73.1 Å². The van der Waals surface area contributed by atoms with Crippen LogP contribution in [-0.2, 0) is 28.3 Å². The van der Waals surface area contributed by atoms with Crippen molar-refractivity contribution in [1.82, 2.24) is 10.2 Å². The first-order valence-electron chi connectivity index (χ1n) is 12.1. The second kappa shape index (κ2) is 14.6. The van der Waals surface area contributed by atoms with Crippen molar-refractivity contribution in [3.8, 4) is 5.75 Å². The molecule has 5 nitrogen and oxygen atoms in total. The summed E-state index contributed by atoms with van der Waals surface area (Å²) in [5.41, 5.74) is 3.01. The summed E-state index contributed by atoms with van der Waals surface area (Å²) >= 11 is 7.52. The fraction of sp³-hybridized carbons (Fsp3) is 0.310. The highest BCUT2D eigenvalue weighted by Crippen LogP contribution is 2.21. The highest BCUT2D eigenvalue weighted by molar-refractivity contribution is 7.99. The Morgan fingerprint density at radius 2 is 1.69 bits per heavy atom. The Bertz CT molecular complexity index is 1110. The zero-order valence-electron chi connectivity index (χ0n) is 20.8. The van der Waals surface area contributed by atoms with E-state index in [1.165, 1.54) is 11.8 Å². The van der Waals surface area contributed by atoms with Gasteiger partial charge in [0.25, 0.3) is 0 Å². The summed E-state index contributed by atoms with van der Waals surface area (Å²) in [4.78, 5) is 28.7. The average Bonchev–Trinajstić information content (AvgIpc) is 2.91. The number of rotatable bonds is 13. The van der Waals surface area contributed by atoms with Crippen LogP contribution < -0.4 is 10.1 Å². The summed E-state index contributed by atoms with van der Waals surface area (Å²) in [6, 6.07) is 24.4. The molecule has 1 unspecified atom stereocenters. The number of carbonyl (C=O) groups is 2. The minimum absolute atomic E-state index is 0.0793. The summed E-state index contributed by atoms with van der Waals surface area (Å²) in [7, 11) is 1.62. The lowest BCUT2D eigenvalue weighted by Crippen LogP contribution is -2.51. The third kappa shape index (κ3) is 8.61. The molecule has 190 valence electrons. The van der Waals surface area contributed by atoms with E-state index in [-0.39, 0.29) is 17.6 Å². The molecule has 7 heteroatoms. The van der Waals surface area contributed by atoms with Gasteiger partial charge in [0.05, 0.1) is 12.9 Å². The van der Waals surface area contributed by atoms with E-state index in [2.05, 4.69) is 5.32 Å². The summed E-state index contributed by atoms with van der Waals surface area (Å²) in [6.45, 7) is 2.89. The van der Waals surface area contributed by atoms with Crippen molar-refractivity contribution in [2.24, 2.45) is 0 Å². The number of nitrogens with zero attached hydrogens (tertiary/aromatic N) is 1. The number of benzene rings is 3. The van der Waals surface area contributed by atoms with Crippen LogP contribution in [0.4, 0.5) is 0 Å². The predicted molar refractivity (Wildman–Crippen MR) is 148 cm³/mol. The minimum atomic E-state index is -0.631. The van der Waals surface area contributed by atoms with E-state index < -0.39 is 6.04 Å². The molecule has 0 aliphatic heterocycles. The van der Waals surface area contributed by atoms with Gasteiger partial charge in [-0.15, -0.1) is 11.8 Å². The molecule has 0 radical (unpaired) electrons. The largest absolute Gasteiger partial charge is 0.497 e. The number of methoxy groups -OCH3 is 1. The summed E-state index contributed by atoms with van der Waals surface area (Å²) in [5.74, 6) is 1.44. The van der Waals surface area contributed by atoms with Gasteiger partial charge in [0.2, 0.25) is 11.8 Å². The maximum Gasteiger partial charge on any atom is 0.243 e. The van der Waals surface area contributed by atoms with Crippen molar-refractivity contribution in [2.75, 3.05) is 19.4 Å². The molecule has 3 aromatic carbocycles. The molecule has 3 rings (SSSR count). The van der Waals surface area contributed by atoms with Gasteiger partial charge in [0.1, 0.15) is 11.8 Å². The molecule has 2 amide bonds. The number of carbonyl (C=O) groups excluding carboxylic acids is 2. The smallest absolute Gasteiger partial charge is 0.243 e. The number of hydrogen-bond acceptors (Lipinski definition) is 4. The average molecular weight is 525 g/mol. The quantitative estimate of drug-likeness (QED) is 0.309. The van der Waals surface area contributed by atoms with Crippen LogP contribution in [0.2, 0.25) is 5.02 Å². The maximum absolute atomic E-state index is 13.6. The first-order chi connectivity index (χ1) is 17.5. The van der Waals surface area contributed by atoms with Crippen LogP contribution >= 0.6 is 23.4 Å². The van der Waals surface area contributed by atoms with Gasteiger partial charge in [0, 0.05) is 30.3 Å². The van der Waals surface area contributed by atoms with E-state index in [1.54, 1.807) is 12.0 Å². The van der Waals surface area contributed by atoms with E-state index >= 15 is 0 Å². The molecule has 0 aliphatic carbocycles. The van der Waals surface area contributed by atoms with Crippen molar-refractivity contribution in [1.29, 1.82) is 0 Å². The molecule has 0 heterocycles. The van der Waals surface area contributed by atoms with E-state index in [4.69, 9.17) is 16.3 Å². The molecule has 0 bridgehead atoms. The first kappa shape index (κ1) is 27.6. The normalized spacial score (nSPS) is 11.5. The Balaban J connectivity index is 1.84. The number of ether oxygens (including phenoxy) is 1. The van der Waals surface area contributed by atoms with Gasteiger partial charge in [-0.3, -0.25) is 9.59 Å². The predicted octanol–water partition coefficient (Wildman–Crippen LogP) is 5.75. The third-order valence-corrected chi connectivity index (χ3v) is 6.96. The van der Waals surface area contributed by atoms with Crippen LogP contribution in [0.5, 0.6) is 5.75 Å². The Labute approximate surface area is 223 Å². The fourth-order valence-electron chi connectivity index (χ4n) is 3.81. The lowest BCUT2D eigenvalue weighted by atomic mass is 10.0. The SMILES string of the molecule is CCCNC(=O)C(Cc1ccccc1)N(Cc1cccc(OC)c1)C(=O)CSCc1ccc(Cl)cc1. The van der Waals surface area contributed by atoms with Gasteiger partial charge < -0.3 is 15.0 Å². The van der Waals surface area contributed by atoms with Crippen molar-refractivity contribution >= 4 is 35.2 Å². The zero-order chi connectivity index (χ0) is 25.8. The molecular weight excluding hydrogens is 492 g/mol. The Kier molecular flexibility index (Phi) is 11.2. The molecular formula is C29H33ClN2O3S. The Morgan fingerprint density at radius 1 is 0.972 bits per heavy atom. The van der Waals surface area contributed by atoms with Crippen LogP contribution in [0.25, 0.3) is 0 Å². The van der Waals surface area contributed by atoms with E-state index in [0.29, 0.717) is 36.0 Å². The standard InChI is InChI=1S/C29H33ClN2O3S/c1-3-16-31-29(34)27(18-22-8-5-4-6-9-22)32(19-24-10-7-11-26(17-24)35-2)28(33)21-36-20-23-12-14-25(30)15-13-23/h4-15,17,27H,3,16,18-21H2,1-2H3,(H,31,34). The molecule has 0 spiro atoms. The minimum Gasteiger partial charge on any atom is -0.497 e. The fourth-order valence-corrected chi connectivity index (χ4v) is 4.80. The van der Waals surface area contributed by atoms with Crippen LogP contribution in [0.1, 0.15) is 30.0 Å². The molecule has 0 aliphatic rings. The number of hydrogen-bond donors (Lipinski definition) is 1. The number of nitrogens with one attached hydrogen (secondary N) is 1. The van der Waals surface area contributed by atoms with Gasteiger partial charge in [-0.05, 0) is 47.4 Å².